The van der Waals surface area contributed by atoms with Gasteiger partial charge < -0.3 is 5.32 Å². The summed E-state index contributed by atoms with van der Waals surface area (Å²) in [5.41, 5.74) is 1.21. The number of halogens is 1. The highest BCUT2D eigenvalue weighted by Crippen LogP contribution is 2.27. The standard InChI is InChI=1S/C17H21ClN4OS2/c1-2-24-17-21-20-16(25-17)19-15(23)13-6-8-22(9-7-13)11-12-4-3-5-14(18)10-12/h3-5,10,13H,2,6-9,11H2,1H3,(H,19,20,23). The maximum atomic E-state index is 12.4. The molecule has 1 aromatic heterocycles. The third kappa shape index (κ3) is 5.41. The van der Waals surface area contributed by atoms with Crippen LogP contribution < -0.4 is 5.32 Å². The zero-order valence-corrected chi connectivity index (χ0v) is 16.5. The van der Waals surface area contributed by atoms with Crippen molar-refractivity contribution in [3.63, 3.8) is 0 Å². The molecule has 0 radical (unpaired) electrons. The number of likely N-dealkylation sites (tertiary alicyclic amines) is 1. The van der Waals surface area contributed by atoms with Crippen molar-refractivity contribution >= 4 is 45.7 Å². The van der Waals surface area contributed by atoms with Gasteiger partial charge in [-0.25, -0.2) is 0 Å². The number of carbonyl (C=O) groups is 1. The quantitative estimate of drug-likeness (QED) is 0.587. The smallest absolute Gasteiger partial charge is 0.229 e. The number of nitrogens with zero attached hydrogens (tertiary/aromatic N) is 3. The van der Waals surface area contributed by atoms with Crippen molar-refractivity contribution in [2.45, 2.75) is 30.6 Å². The molecule has 3 rings (SSSR count). The molecular weight excluding hydrogens is 376 g/mol. The van der Waals surface area contributed by atoms with Crippen LogP contribution in [0.2, 0.25) is 5.02 Å². The molecule has 1 fully saturated rings. The maximum Gasteiger partial charge on any atom is 0.229 e. The Labute approximate surface area is 161 Å². The average Bonchev–Trinajstić information content (AvgIpc) is 3.03. The van der Waals surface area contributed by atoms with Crippen LogP contribution in [0.25, 0.3) is 0 Å². The minimum absolute atomic E-state index is 0.0433. The van der Waals surface area contributed by atoms with Gasteiger partial charge in [0, 0.05) is 17.5 Å². The van der Waals surface area contributed by atoms with E-state index in [9.17, 15) is 4.79 Å². The fourth-order valence-corrected chi connectivity index (χ4v) is 4.76. The number of hydrogen-bond donors (Lipinski definition) is 1. The predicted molar refractivity (Wildman–Crippen MR) is 104 cm³/mol. The molecule has 1 aliphatic heterocycles. The molecule has 8 heteroatoms. The Morgan fingerprint density at radius 2 is 2.20 bits per heavy atom. The first-order valence-electron chi connectivity index (χ1n) is 8.38. The first kappa shape index (κ1) is 18.6. The molecule has 0 unspecified atom stereocenters. The summed E-state index contributed by atoms with van der Waals surface area (Å²) >= 11 is 9.12. The topological polar surface area (TPSA) is 58.1 Å². The Morgan fingerprint density at radius 1 is 1.40 bits per heavy atom. The molecule has 0 atom stereocenters. The Kier molecular flexibility index (Phi) is 6.70. The van der Waals surface area contributed by atoms with Gasteiger partial charge in [0.1, 0.15) is 0 Å². The predicted octanol–water partition coefficient (Wildman–Crippen LogP) is 4.15. The van der Waals surface area contributed by atoms with Gasteiger partial charge in [-0.15, -0.1) is 10.2 Å². The Balaban J connectivity index is 1.47. The van der Waals surface area contributed by atoms with Crippen LogP contribution in [0.15, 0.2) is 28.6 Å². The number of hydrogen-bond acceptors (Lipinski definition) is 6. The average molecular weight is 397 g/mol. The molecule has 1 saturated heterocycles. The number of thioether (sulfide) groups is 1. The molecule has 0 bridgehead atoms. The van der Waals surface area contributed by atoms with E-state index in [1.165, 1.54) is 16.9 Å². The summed E-state index contributed by atoms with van der Waals surface area (Å²) in [5, 5.41) is 12.4. The number of aromatic nitrogens is 2. The van der Waals surface area contributed by atoms with Crippen LogP contribution in [0.4, 0.5) is 5.13 Å². The number of piperidine rings is 1. The molecule has 5 nitrogen and oxygen atoms in total. The van der Waals surface area contributed by atoms with Gasteiger partial charge >= 0.3 is 0 Å². The summed E-state index contributed by atoms with van der Waals surface area (Å²) in [4.78, 5) is 14.8. The molecule has 2 aromatic rings. The fraction of sp³-hybridized carbons (Fsp3) is 0.471. The van der Waals surface area contributed by atoms with Gasteiger partial charge in [-0.3, -0.25) is 9.69 Å². The van der Waals surface area contributed by atoms with E-state index in [-0.39, 0.29) is 11.8 Å². The monoisotopic (exact) mass is 396 g/mol. The number of carbonyl (C=O) groups excluding carboxylic acids is 1. The minimum atomic E-state index is 0.0433. The lowest BCUT2D eigenvalue weighted by Gasteiger charge is -2.31. The van der Waals surface area contributed by atoms with Crippen LogP contribution >= 0.6 is 34.7 Å². The van der Waals surface area contributed by atoms with Crippen LogP contribution in [-0.4, -0.2) is 39.8 Å². The number of amides is 1. The van der Waals surface area contributed by atoms with E-state index in [1.807, 2.05) is 18.2 Å². The normalized spacial score (nSPS) is 16.1. The summed E-state index contributed by atoms with van der Waals surface area (Å²) in [7, 11) is 0. The molecule has 0 aliphatic carbocycles. The summed E-state index contributed by atoms with van der Waals surface area (Å²) in [6, 6.07) is 7.96. The summed E-state index contributed by atoms with van der Waals surface area (Å²) in [6.07, 6.45) is 1.73. The Morgan fingerprint density at radius 3 is 2.92 bits per heavy atom. The third-order valence-corrected chi connectivity index (χ3v) is 6.25. The third-order valence-electron chi connectivity index (χ3n) is 4.16. The first-order valence-corrected chi connectivity index (χ1v) is 10.6. The number of anilines is 1. The lowest BCUT2D eigenvalue weighted by molar-refractivity contribution is -0.121. The van der Waals surface area contributed by atoms with E-state index in [0.29, 0.717) is 5.13 Å². The van der Waals surface area contributed by atoms with Crippen molar-refractivity contribution in [2.75, 3.05) is 24.2 Å². The summed E-state index contributed by atoms with van der Waals surface area (Å²) in [6.45, 7) is 4.78. The number of nitrogens with one attached hydrogen (secondary N) is 1. The van der Waals surface area contributed by atoms with Crippen LogP contribution in [0.1, 0.15) is 25.3 Å². The molecule has 0 spiro atoms. The second-order valence-corrected chi connectivity index (χ2v) is 8.90. The summed E-state index contributed by atoms with van der Waals surface area (Å²) in [5.74, 6) is 1.06. The van der Waals surface area contributed by atoms with Gasteiger partial charge in [-0.2, -0.15) is 0 Å². The zero-order chi connectivity index (χ0) is 17.6. The first-order chi connectivity index (χ1) is 12.1. The minimum Gasteiger partial charge on any atom is -0.300 e. The second-order valence-electron chi connectivity index (χ2n) is 5.98. The molecule has 134 valence electrons. The van der Waals surface area contributed by atoms with Crippen LogP contribution in [-0.2, 0) is 11.3 Å². The molecule has 1 aromatic carbocycles. The molecule has 2 heterocycles. The van der Waals surface area contributed by atoms with Crippen LogP contribution in [0.3, 0.4) is 0 Å². The van der Waals surface area contributed by atoms with Crippen molar-refractivity contribution < 1.29 is 4.79 Å². The molecule has 1 amide bonds. The Hall–Kier alpha value is -1.15. The van der Waals surface area contributed by atoms with Crippen molar-refractivity contribution in [3.8, 4) is 0 Å². The van der Waals surface area contributed by atoms with Crippen molar-refractivity contribution in [2.24, 2.45) is 5.92 Å². The Bertz CT molecular complexity index is 716. The van der Waals surface area contributed by atoms with Gasteiger partial charge in [0.15, 0.2) is 4.34 Å². The zero-order valence-electron chi connectivity index (χ0n) is 14.1. The van der Waals surface area contributed by atoms with Crippen molar-refractivity contribution in [1.29, 1.82) is 0 Å². The number of rotatable bonds is 6. The van der Waals surface area contributed by atoms with Gasteiger partial charge in [-0.05, 0) is 49.4 Å². The number of benzene rings is 1. The molecule has 1 aliphatic rings. The van der Waals surface area contributed by atoms with Gasteiger partial charge in [0.25, 0.3) is 0 Å². The van der Waals surface area contributed by atoms with Gasteiger partial charge in [-0.1, -0.05) is 53.8 Å². The van der Waals surface area contributed by atoms with E-state index in [4.69, 9.17) is 11.6 Å². The van der Waals surface area contributed by atoms with E-state index in [1.54, 1.807) is 11.8 Å². The van der Waals surface area contributed by atoms with Crippen LogP contribution in [0, 0.1) is 5.92 Å². The molecule has 25 heavy (non-hydrogen) atoms. The SMILES string of the molecule is CCSc1nnc(NC(=O)C2CCN(Cc3cccc(Cl)c3)CC2)s1. The highest BCUT2D eigenvalue weighted by molar-refractivity contribution is 8.01. The highest BCUT2D eigenvalue weighted by atomic mass is 35.5. The summed E-state index contributed by atoms with van der Waals surface area (Å²) < 4.78 is 0.897. The lowest BCUT2D eigenvalue weighted by atomic mass is 9.95. The highest BCUT2D eigenvalue weighted by Gasteiger charge is 2.25. The van der Waals surface area contributed by atoms with Gasteiger partial charge in [0.2, 0.25) is 11.0 Å². The van der Waals surface area contributed by atoms with Crippen molar-refractivity contribution in [1.82, 2.24) is 15.1 Å². The molecule has 0 saturated carbocycles. The second kappa shape index (κ2) is 8.98. The molecule has 1 N–H and O–H groups in total. The molecular formula is C17H21ClN4OS2. The maximum absolute atomic E-state index is 12.4. The lowest BCUT2D eigenvalue weighted by Crippen LogP contribution is -2.37. The van der Waals surface area contributed by atoms with E-state index < -0.39 is 0 Å². The van der Waals surface area contributed by atoms with E-state index in [0.717, 1.165) is 47.6 Å². The van der Waals surface area contributed by atoms with Crippen LogP contribution in [0.5, 0.6) is 0 Å². The van der Waals surface area contributed by atoms with E-state index in [2.05, 4.69) is 33.4 Å². The fourth-order valence-electron chi connectivity index (χ4n) is 2.90. The van der Waals surface area contributed by atoms with E-state index >= 15 is 0 Å². The van der Waals surface area contributed by atoms with Crippen molar-refractivity contribution in [3.05, 3.63) is 34.9 Å². The van der Waals surface area contributed by atoms with Gasteiger partial charge in [0.05, 0.1) is 0 Å². The largest absolute Gasteiger partial charge is 0.300 e.